The first-order valence-electron chi connectivity index (χ1n) is 9.55. The van der Waals surface area contributed by atoms with Crippen LogP contribution in [0.4, 0.5) is 21.0 Å². The Balaban J connectivity index is 1.49. The number of nitrogens with zero attached hydrogens (tertiary/aromatic N) is 2. The van der Waals surface area contributed by atoms with Crippen molar-refractivity contribution in [3.8, 4) is 0 Å². The van der Waals surface area contributed by atoms with Gasteiger partial charge in [-0.2, -0.15) is 0 Å². The van der Waals surface area contributed by atoms with Crippen molar-refractivity contribution in [1.82, 2.24) is 10.2 Å². The number of cyclic esters (lactones) is 1. The fraction of sp³-hybridized carbons (Fsp3) is 0.286. The maximum Gasteiger partial charge on any atom is 0.414 e. The molecule has 0 aromatic heterocycles. The molecule has 2 aromatic carbocycles. The summed E-state index contributed by atoms with van der Waals surface area (Å²) < 4.78 is 4.95. The Morgan fingerprint density at radius 1 is 1.03 bits per heavy atom. The number of carbonyl (C=O) groups excluding carboxylic acids is 3. The van der Waals surface area contributed by atoms with Crippen molar-refractivity contribution in [2.45, 2.75) is 12.5 Å². The Kier molecular flexibility index (Phi) is 5.33. The molecule has 2 saturated heterocycles. The molecule has 0 saturated carbocycles. The van der Waals surface area contributed by atoms with Gasteiger partial charge in [-0.05, 0) is 29.8 Å². The molecule has 2 N–H and O–H groups in total. The normalized spacial score (nSPS) is 19.4. The quantitative estimate of drug-likeness (QED) is 0.838. The van der Waals surface area contributed by atoms with Gasteiger partial charge in [0.05, 0.1) is 19.0 Å². The first-order chi connectivity index (χ1) is 14.1. The van der Waals surface area contributed by atoms with E-state index < -0.39 is 0 Å². The lowest BCUT2D eigenvalue weighted by molar-refractivity contribution is -0.121. The Morgan fingerprint density at radius 2 is 1.79 bits per heavy atom. The minimum atomic E-state index is -0.366. The van der Waals surface area contributed by atoms with Gasteiger partial charge in [-0.15, -0.1) is 0 Å². The van der Waals surface area contributed by atoms with Crippen molar-refractivity contribution in [2.75, 3.05) is 36.5 Å². The molecule has 8 nitrogen and oxygen atoms in total. The number of amides is 4. The van der Waals surface area contributed by atoms with E-state index in [1.807, 2.05) is 30.3 Å². The minimum absolute atomic E-state index is 0.0731. The van der Waals surface area contributed by atoms with Gasteiger partial charge in [0.1, 0.15) is 6.61 Å². The predicted octanol–water partition coefficient (Wildman–Crippen LogP) is 2.74. The fourth-order valence-electron chi connectivity index (χ4n) is 3.59. The van der Waals surface area contributed by atoms with Crippen LogP contribution in [0.5, 0.6) is 0 Å². The van der Waals surface area contributed by atoms with E-state index in [4.69, 9.17) is 4.74 Å². The van der Waals surface area contributed by atoms with Gasteiger partial charge in [0.25, 0.3) is 0 Å². The van der Waals surface area contributed by atoms with Crippen molar-refractivity contribution in [3.63, 3.8) is 0 Å². The molecule has 4 rings (SSSR count). The Hall–Kier alpha value is -3.55. The van der Waals surface area contributed by atoms with Gasteiger partial charge < -0.3 is 20.3 Å². The molecule has 2 aromatic rings. The summed E-state index contributed by atoms with van der Waals surface area (Å²) >= 11 is 0. The predicted molar refractivity (Wildman–Crippen MR) is 108 cm³/mol. The number of ether oxygens (including phenoxy) is 1. The number of benzene rings is 2. The highest BCUT2D eigenvalue weighted by Gasteiger charge is 2.30. The SMILES string of the molecule is O=C1CC(c2ccccc2)N(C(=O)Nc2ccc(N3CCOC3=O)cc2)CCN1. The van der Waals surface area contributed by atoms with Crippen molar-refractivity contribution in [3.05, 3.63) is 60.2 Å². The van der Waals surface area contributed by atoms with Crippen LogP contribution < -0.4 is 15.5 Å². The lowest BCUT2D eigenvalue weighted by Gasteiger charge is -2.29. The van der Waals surface area contributed by atoms with Crippen LogP contribution in [0.15, 0.2) is 54.6 Å². The van der Waals surface area contributed by atoms with E-state index >= 15 is 0 Å². The van der Waals surface area contributed by atoms with E-state index in [0.717, 1.165) is 11.3 Å². The summed E-state index contributed by atoms with van der Waals surface area (Å²) in [4.78, 5) is 40.0. The van der Waals surface area contributed by atoms with E-state index in [1.165, 1.54) is 0 Å². The second-order valence-electron chi connectivity index (χ2n) is 6.92. The van der Waals surface area contributed by atoms with E-state index in [2.05, 4.69) is 10.6 Å². The Labute approximate surface area is 168 Å². The zero-order valence-corrected chi connectivity index (χ0v) is 15.8. The summed E-state index contributed by atoms with van der Waals surface area (Å²) in [7, 11) is 0. The van der Waals surface area contributed by atoms with Gasteiger partial charge in [0.2, 0.25) is 5.91 Å². The van der Waals surface area contributed by atoms with Crippen LogP contribution in [0.25, 0.3) is 0 Å². The Bertz CT molecular complexity index is 901. The molecule has 2 aliphatic heterocycles. The summed E-state index contributed by atoms with van der Waals surface area (Å²) in [5, 5.41) is 5.72. The summed E-state index contributed by atoms with van der Waals surface area (Å²) in [5.74, 6) is -0.0731. The van der Waals surface area contributed by atoms with Crippen LogP contribution in [0.2, 0.25) is 0 Å². The third-order valence-corrected chi connectivity index (χ3v) is 5.07. The lowest BCUT2D eigenvalue weighted by Crippen LogP contribution is -2.39. The van der Waals surface area contributed by atoms with E-state index in [0.29, 0.717) is 31.9 Å². The van der Waals surface area contributed by atoms with Crippen LogP contribution >= 0.6 is 0 Å². The molecular formula is C21H22N4O4. The molecule has 0 radical (unpaired) electrons. The number of carbonyl (C=O) groups is 3. The first kappa shape index (κ1) is 18.8. The highest BCUT2D eigenvalue weighted by atomic mass is 16.6. The molecule has 8 heteroatoms. The molecule has 2 fully saturated rings. The van der Waals surface area contributed by atoms with Crippen molar-refractivity contribution in [1.29, 1.82) is 0 Å². The number of hydrogen-bond acceptors (Lipinski definition) is 4. The van der Waals surface area contributed by atoms with E-state index in [1.54, 1.807) is 34.1 Å². The van der Waals surface area contributed by atoms with Crippen molar-refractivity contribution >= 4 is 29.4 Å². The van der Waals surface area contributed by atoms with Crippen LogP contribution in [0, 0.1) is 0 Å². The number of urea groups is 1. The van der Waals surface area contributed by atoms with Crippen molar-refractivity contribution in [2.24, 2.45) is 0 Å². The first-order valence-corrected chi connectivity index (χ1v) is 9.55. The number of anilines is 2. The minimum Gasteiger partial charge on any atom is -0.447 e. The standard InChI is InChI=1S/C21H22N4O4/c26-19-14-18(15-4-2-1-3-5-15)25(11-10-22-19)20(27)23-16-6-8-17(9-7-16)24-12-13-29-21(24)28/h1-9,18H,10-14H2,(H,22,26)(H,23,27). The molecule has 0 bridgehead atoms. The van der Waals surface area contributed by atoms with Crippen LogP contribution in [0.1, 0.15) is 18.0 Å². The van der Waals surface area contributed by atoms with Crippen molar-refractivity contribution < 1.29 is 19.1 Å². The van der Waals surface area contributed by atoms with Gasteiger partial charge >= 0.3 is 12.1 Å². The molecule has 2 aliphatic rings. The average Bonchev–Trinajstić information content (AvgIpc) is 3.06. The molecular weight excluding hydrogens is 372 g/mol. The van der Waals surface area contributed by atoms with Gasteiger partial charge in [-0.25, -0.2) is 9.59 Å². The van der Waals surface area contributed by atoms with Gasteiger partial charge in [0, 0.05) is 24.5 Å². The number of rotatable bonds is 3. The number of nitrogens with one attached hydrogen (secondary N) is 2. The third kappa shape index (κ3) is 4.16. The highest BCUT2D eigenvalue weighted by Crippen LogP contribution is 2.27. The van der Waals surface area contributed by atoms with E-state index in [-0.39, 0.29) is 30.5 Å². The van der Waals surface area contributed by atoms with Gasteiger partial charge in [-0.1, -0.05) is 30.3 Å². The van der Waals surface area contributed by atoms with Crippen LogP contribution in [-0.4, -0.2) is 49.2 Å². The highest BCUT2D eigenvalue weighted by molar-refractivity contribution is 5.92. The second kappa shape index (κ2) is 8.22. The fourth-order valence-corrected chi connectivity index (χ4v) is 3.59. The monoisotopic (exact) mass is 394 g/mol. The molecule has 4 amide bonds. The summed E-state index contributed by atoms with van der Waals surface area (Å²) in [6.45, 7) is 1.71. The molecule has 0 aliphatic carbocycles. The summed E-state index contributed by atoms with van der Waals surface area (Å²) in [5.41, 5.74) is 2.25. The summed E-state index contributed by atoms with van der Waals surface area (Å²) in [6.07, 6.45) is -0.151. The molecule has 150 valence electrons. The van der Waals surface area contributed by atoms with Crippen LogP contribution in [-0.2, 0) is 9.53 Å². The zero-order chi connectivity index (χ0) is 20.2. The largest absolute Gasteiger partial charge is 0.447 e. The Morgan fingerprint density at radius 3 is 2.48 bits per heavy atom. The molecule has 2 heterocycles. The topological polar surface area (TPSA) is 91.0 Å². The molecule has 1 unspecified atom stereocenters. The third-order valence-electron chi connectivity index (χ3n) is 5.07. The summed E-state index contributed by atoms with van der Waals surface area (Å²) in [6, 6.07) is 16.0. The maximum absolute atomic E-state index is 13.0. The zero-order valence-electron chi connectivity index (χ0n) is 15.8. The maximum atomic E-state index is 13.0. The van der Waals surface area contributed by atoms with Gasteiger partial charge in [0.15, 0.2) is 0 Å². The van der Waals surface area contributed by atoms with Gasteiger partial charge in [-0.3, -0.25) is 9.69 Å². The average molecular weight is 394 g/mol. The smallest absolute Gasteiger partial charge is 0.414 e. The molecule has 1 atom stereocenters. The lowest BCUT2D eigenvalue weighted by atomic mass is 10.0. The molecule has 0 spiro atoms. The van der Waals surface area contributed by atoms with E-state index in [9.17, 15) is 14.4 Å². The second-order valence-corrected chi connectivity index (χ2v) is 6.92. The van der Waals surface area contributed by atoms with Crippen LogP contribution in [0.3, 0.4) is 0 Å². The molecule has 29 heavy (non-hydrogen) atoms. The number of hydrogen-bond donors (Lipinski definition) is 2.